The summed E-state index contributed by atoms with van der Waals surface area (Å²) < 4.78 is 0. The van der Waals surface area contributed by atoms with Gasteiger partial charge in [0.25, 0.3) is 0 Å². The molecule has 1 atom stereocenters. The Morgan fingerprint density at radius 2 is 2.33 bits per heavy atom. The van der Waals surface area contributed by atoms with Crippen LogP contribution in [0.5, 0.6) is 0 Å². The smallest absolute Gasteiger partial charge is 0.223 e. The van der Waals surface area contributed by atoms with E-state index in [-0.39, 0.29) is 11.9 Å². The van der Waals surface area contributed by atoms with E-state index in [1.165, 1.54) is 0 Å². The highest BCUT2D eigenvalue weighted by Gasteiger charge is 2.47. The maximum absolute atomic E-state index is 10.9. The zero-order valence-corrected chi connectivity index (χ0v) is 5.43. The van der Waals surface area contributed by atoms with Gasteiger partial charge in [0.15, 0.2) is 6.17 Å². The standard InChI is InChI=1S/C6H8N2O/c1-3-4-5(9)6(7-3)8(4)2/h6-7H,1-2H3. The quantitative estimate of drug-likeness (QED) is 0.479. The first-order valence-electron chi connectivity index (χ1n) is 2.96. The van der Waals surface area contributed by atoms with Crippen LogP contribution in [0.25, 0.3) is 0 Å². The van der Waals surface area contributed by atoms with Crippen LogP contribution in [0.4, 0.5) is 0 Å². The zero-order chi connectivity index (χ0) is 6.59. The first-order valence-corrected chi connectivity index (χ1v) is 2.96. The van der Waals surface area contributed by atoms with Gasteiger partial charge >= 0.3 is 0 Å². The summed E-state index contributed by atoms with van der Waals surface area (Å²) in [6, 6.07) is 0. The van der Waals surface area contributed by atoms with Crippen LogP contribution in [0, 0.1) is 0 Å². The van der Waals surface area contributed by atoms with Crippen molar-refractivity contribution in [1.82, 2.24) is 10.2 Å². The molecule has 0 saturated carbocycles. The first kappa shape index (κ1) is 4.85. The van der Waals surface area contributed by atoms with Crippen molar-refractivity contribution in [3.8, 4) is 0 Å². The topological polar surface area (TPSA) is 32.3 Å². The molecule has 3 heteroatoms. The molecule has 9 heavy (non-hydrogen) atoms. The van der Waals surface area contributed by atoms with Crippen molar-refractivity contribution < 1.29 is 4.79 Å². The molecular weight excluding hydrogens is 116 g/mol. The molecule has 0 aromatic heterocycles. The Morgan fingerprint density at radius 1 is 1.67 bits per heavy atom. The Hall–Kier alpha value is -0.990. The second-order valence-electron chi connectivity index (χ2n) is 2.50. The fourth-order valence-electron chi connectivity index (χ4n) is 1.43. The highest BCUT2D eigenvalue weighted by Crippen LogP contribution is 2.30. The van der Waals surface area contributed by atoms with Crippen molar-refractivity contribution in [2.24, 2.45) is 0 Å². The molecule has 1 saturated heterocycles. The number of nitrogens with one attached hydrogen (secondary N) is 1. The molecule has 1 N–H and O–H groups in total. The average molecular weight is 124 g/mol. The molecule has 0 radical (unpaired) electrons. The SMILES string of the molecule is CC1=C2C(=O)C(N1)N2C. The van der Waals surface area contributed by atoms with Gasteiger partial charge < -0.3 is 10.2 Å². The second kappa shape index (κ2) is 1.12. The number of allylic oxidation sites excluding steroid dienone is 1. The minimum absolute atomic E-state index is 0.0278. The van der Waals surface area contributed by atoms with Crippen molar-refractivity contribution in [2.45, 2.75) is 13.1 Å². The number of ketones is 1. The van der Waals surface area contributed by atoms with Crippen molar-refractivity contribution in [3.63, 3.8) is 0 Å². The van der Waals surface area contributed by atoms with Crippen LogP contribution in [0.3, 0.4) is 0 Å². The van der Waals surface area contributed by atoms with Crippen LogP contribution in [0.1, 0.15) is 6.92 Å². The monoisotopic (exact) mass is 124 g/mol. The molecule has 3 heterocycles. The molecule has 0 spiro atoms. The lowest BCUT2D eigenvalue weighted by molar-refractivity contribution is -0.127. The molecule has 0 amide bonds. The summed E-state index contributed by atoms with van der Waals surface area (Å²) in [5.41, 5.74) is 1.88. The number of likely N-dealkylation sites (N-methyl/N-ethyl adjacent to an activating group) is 1. The molecule has 0 aromatic rings. The summed E-state index contributed by atoms with van der Waals surface area (Å²) in [7, 11) is 1.92. The molecule has 1 unspecified atom stereocenters. The van der Waals surface area contributed by atoms with Gasteiger partial charge in [-0.2, -0.15) is 0 Å². The maximum Gasteiger partial charge on any atom is 0.223 e. The molecule has 3 rings (SSSR count). The average Bonchev–Trinajstić information content (AvgIpc) is 2.23. The highest BCUT2D eigenvalue weighted by molar-refractivity contribution is 6.07. The Kier molecular flexibility index (Phi) is 0.605. The number of rotatable bonds is 0. The fourth-order valence-corrected chi connectivity index (χ4v) is 1.43. The molecule has 1 fully saturated rings. The van der Waals surface area contributed by atoms with Gasteiger partial charge in [0.05, 0.1) is 0 Å². The largest absolute Gasteiger partial charge is 0.361 e. The number of Topliss-reactive ketones (excluding diaryl/α,β-unsaturated/α-hetero) is 1. The third kappa shape index (κ3) is 0.332. The molecule has 2 bridgehead atoms. The van der Waals surface area contributed by atoms with Crippen LogP contribution in [0.2, 0.25) is 0 Å². The van der Waals surface area contributed by atoms with E-state index in [0.29, 0.717) is 0 Å². The molecule has 0 aliphatic carbocycles. The van der Waals surface area contributed by atoms with Gasteiger partial charge in [-0.25, -0.2) is 0 Å². The number of hydrogen-bond acceptors (Lipinski definition) is 3. The van der Waals surface area contributed by atoms with E-state index < -0.39 is 0 Å². The predicted molar refractivity (Wildman–Crippen MR) is 32.4 cm³/mol. The van der Waals surface area contributed by atoms with E-state index in [9.17, 15) is 4.79 Å². The van der Waals surface area contributed by atoms with Gasteiger partial charge in [-0.05, 0) is 6.92 Å². The number of fused-ring (bicyclic) bond motifs is 1. The minimum atomic E-state index is -0.0278. The van der Waals surface area contributed by atoms with Gasteiger partial charge in [0.1, 0.15) is 5.70 Å². The lowest BCUT2D eigenvalue weighted by Gasteiger charge is -2.31. The summed E-state index contributed by atoms with van der Waals surface area (Å²) >= 11 is 0. The number of nitrogens with zero attached hydrogens (tertiary/aromatic N) is 1. The van der Waals surface area contributed by atoms with Gasteiger partial charge in [0, 0.05) is 12.7 Å². The van der Waals surface area contributed by atoms with Crippen LogP contribution < -0.4 is 5.32 Å². The van der Waals surface area contributed by atoms with Crippen LogP contribution >= 0.6 is 0 Å². The highest BCUT2D eigenvalue weighted by atomic mass is 16.1. The van der Waals surface area contributed by atoms with Crippen LogP contribution in [-0.4, -0.2) is 23.9 Å². The minimum Gasteiger partial charge on any atom is -0.361 e. The van der Waals surface area contributed by atoms with E-state index in [2.05, 4.69) is 5.32 Å². The van der Waals surface area contributed by atoms with Crippen LogP contribution in [0.15, 0.2) is 11.4 Å². The second-order valence-corrected chi connectivity index (χ2v) is 2.50. The molecular formula is C6H8N2O. The van der Waals surface area contributed by atoms with Gasteiger partial charge in [0.2, 0.25) is 5.78 Å². The third-order valence-corrected chi connectivity index (χ3v) is 1.93. The Bertz CT molecular complexity index is 219. The summed E-state index contributed by atoms with van der Waals surface area (Å²) in [5, 5.41) is 3.05. The summed E-state index contributed by atoms with van der Waals surface area (Å²) in [5.74, 6) is 0.245. The van der Waals surface area contributed by atoms with Gasteiger partial charge in [-0.15, -0.1) is 0 Å². The van der Waals surface area contributed by atoms with Crippen molar-refractivity contribution in [1.29, 1.82) is 0 Å². The molecule has 3 aliphatic rings. The first-order chi connectivity index (χ1) is 4.22. The fraction of sp³-hybridized carbons (Fsp3) is 0.500. The van der Waals surface area contributed by atoms with E-state index >= 15 is 0 Å². The number of hydrogen-bond donors (Lipinski definition) is 1. The molecule has 3 nitrogen and oxygen atoms in total. The number of carbonyl (C=O) groups excluding carboxylic acids is 1. The normalized spacial score (nSPS) is 30.7. The Morgan fingerprint density at radius 3 is 2.44 bits per heavy atom. The summed E-state index contributed by atoms with van der Waals surface area (Å²) in [6.07, 6.45) is -0.0278. The van der Waals surface area contributed by atoms with E-state index in [1.807, 2.05) is 18.9 Å². The van der Waals surface area contributed by atoms with E-state index in [4.69, 9.17) is 0 Å². The van der Waals surface area contributed by atoms with Crippen molar-refractivity contribution in [2.75, 3.05) is 7.05 Å². The van der Waals surface area contributed by atoms with E-state index in [1.54, 1.807) is 0 Å². The Labute approximate surface area is 53.3 Å². The number of carbonyl (C=O) groups is 1. The lowest BCUT2D eigenvalue weighted by atomic mass is 10.1. The molecule has 3 aliphatic heterocycles. The Balaban J connectivity index is 2.45. The van der Waals surface area contributed by atoms with Crippen molar-refractivity contribution >= 4 is 5.78 Å². The van der Waals surface area contributed by atoms with Crippen molar-refractivity contribution in [3.05, 3.63) is 11.4 Å². The summed E-state index contributed by atoms with van der Waals surface area (Å²) in [6.45, 7) is 1.93. The maximum atomic E-state index is 10.9. The molecule has 0 aromatic carbocycles. The van der Waals surface area contributed by atoms with E-state index in [0.717, 1.165) is 11.4 Å². The summed E-state index contributed by atoms with van der Waals surface area (Å²) in [4.78, 5) is 12.8. The third-order valence-electron chi connectivity index (χ3n) is 1.93. The molecule has 48 valence electrons. The van der Waals surface area contributed by atoms with Crippen LogP contribution in [-0.2, 0) is 4.79 Å². The van der Waals surface area contributed by atoms with Gasteiger partial charge in [-0.1, -0.05) is 0 Å². The predicted octanol–water partition coefficient (Wildman–Crippen LogP) is -0.338. The zero-order valence-electron chi connectivity index (χ0n) is 5.43. The lowest BCUT2D eigenvalue weighted by Crippen LogP contribution is -2.52. The van der Waals surface area contributed by atoms with Gasteiger partial charge in [-0.3, -0.25) is 4.79 Å².